The Kier molecular flexibility index (Phi) is 2.71. The molecule has 2 unspecified atom stereocenters. The zero-order valence-corrected chi connectivity index (χ0v) is 9.97. The maximum atomic E-state index is 9.42. The molecule has 0 aromatic heterocycles. The molecule has 2 atom stereocenters. The Labute approximate surface area is 102 Å². The fraction of sp³-hybridized carbons (Fsp3) is 0.571. The molecule has 1 heterocycles. The fourth-order valence-electron chi connectivity index (χ4n) is 3.05. The van der Waals surface area contributed by atoms with Crippen LogP contribution in [0.15, 0.2) is 18.2 Å². The van der Waals surface area contributed by atoms with Gasteiger partial charge in [-0.25, -0.2) is 0 Å². The Bertz CT molecular complexity index is 407. The Balaban J connectivity index is 1.55. The molecule has 0 amide bonds. The molecule has 2 fully saturated rings. The van der Waals surface area contributed by atoms with E-state index in [1.165, 1.54) is 25.9 Å². The largest absolute Gasteiger partial charge is 0.504 e. The highest BCUT2D eigenvalue weighted by atomic mass is 16.3. The minimum atomic E-state index is -0.0343. The summed E-state index contributed by atoms with van der Waals surface area (Å²) in [6.07, 6.45) is 3.79. The second kappa shape index (κ2) is 4.22. The molecular weight excluding hydrogens is 214 g/mol. The summed E-state index contributed by atoms with van der Waals surface area (Å²) in [5.41, 5.74) is 1.10. The smallest absolute Gasteiger partial charge is 0.157 e. The molecule has 2 aliphatic rings. The van der Waals surface area contributed by atoms with Gasteiger partial charge in [0.05, 0.1) is 0 Å². The van der Waals surface area contributed by atoms with E-state index in [-0.39, 0.29) is 11.5 Å². The molecular formula is C14H19NO2. The molecule has 1 saturated carbocycles. The molecule has 1 aliphatic carbocycles. The summed E-state index contributed by atoms with van der Waals surface area (Å²) in [5, 5.41) is 18.7. The van der Waals surface area contributed by atoms with Gasteiger partial charge >= 0.3 is 0 Å². The Morgan fingerprint density at radius 1 is 1.06 bits per heavy atom. The molecule has 3 nitrogen and oxygen atoms in total. The van der Waals surface area contributed by atoms with E-state index in [4.69, 9.17) is 0 Å². The molecule has 17 heavy (non-hydrogen) atoms. The van der Waals surface area contributed by atoms with E-state index in [1.54, 1.807) is 12.1 Å². The summed E-state index contributed by atoms with van der Waals surface area (Å²) >= 11 is 0. The van der Waals surface area contributed by atoms with E-state index in [0.717, 1.165) is 30.4 Å². The van der Waals surface area contributed by atoms with Crippen molar-refractivity contribution in [1.29, 1.82) is 0 Å². The van der Waals surface area contributed by atoms with Crippen molar-refractivity contribution in [2.24, 2.45) is 11.8 Å². The lowest BCUT2D eigenvalue weighted by molar-refractivity contribution is 0.243. The second-order valence-electron chi connectivity index (χ2n) is 5.43. The van der Waals surface area contributed by atoms with Gasteiger partial charge in [0.1, 0.15) is 0 Å². The van der Waals surface area contributed by atoms with Crippen molar-refractivity contribution in [3.05, 3.63) is 23.8 Å². The average Bonchev–Trinajstić information content (AvgIpc) is 2.57. The highest BCUT2D eigenvalue weighted by Gasteiger charge is 2.38. The van der Waals surface area contributed by atoms with Crippen LogP contribution in [-0.4, -0.2) is 34.7 Å². The highest BCUT2D eigenvalue weighted by Crippen LogP contribution is 2.40. The van der Waals surface area contributed by atoms with Gasteiger partial charge in [-0.1, -0.05) is 6.07 Å². The van der Waals surface area contributed by atoms with Gasteiger partial charge in [-0.05, 0) is 48.8 Å². The lowest BCUT2D eigenvalue weighted by Crippen LogP contribution is -2.23. The van der Waals surface area contributed by atoms with E-state index in [2.05, 4.69) is 4.90 Å². The number of nitrogens with zero attached hydrogens (tertiary/aromatic N) is 1. The third-order valence-corrected chi connectivity index (χ3v) is 4.32. The maximum Gasteiger partial charge on any atom is 0.157 e. The number of likely N-dealkylation sites (tertiary alicyclic amines) is 1. The average molecular weight is 233 g/mol. The zero-order chi connectivity index (χ0) is 11.8. The maximum absolute atomic E-state index is 9.42. The molecule has 3 heteroatoms. The molecule has 1 aromatic carbocycles. The van der Waals surface area contributed by atoms with Crippen LogP contribution in [0.5, 0.6) is 11.5 Å². The first-order valence-electron chi connectivity index (χ1n) is 6.45. The summed E-state index contributed by atoms with van der Waals surface area (Å²) in [5.74, 6) is 1.88. The topological polar surface area (TPSA) is 43.7 Å². The summed E-state index contributed by atoms with van der Waals surface area (Å²) in [7, 11) is 0. The van der Waals surface area contributed by atoms with E-state index < -0.39 is 0 Å². The van der Waals surface area contributed by atoms with Crippen LogP contribution in [0.3, 0.4) is 0 Å². The molecule has 2 N–H and O–H groups in total. The SMILES string of the molecule is Oc1ccc(CCN2CC3CCC3C2)cc1O. The molecule has 92 valence electrons. The highest BCUT2D eigenvalue weighted by molar-refractivity contribution is 5.40. The minimum Gasteiger partial charge on any atom is -0.504 e. The number of phenols is 2. The summed E-state index contributed by atoms with van der Waals surface area (Å²) < 4.78 is 0. The first-order chi connectivity index (χ1) is 8.22. The first kappa shape index (κ1) is 10.9. The van der Waals surface area contributed by atoms with Gasteiger partial charge in [-0.2, -0.15) is 0 Å². The monoisotopic (exact) mass is 233 g/mol. The fourth-order valence-corrected chi connectivity index (χ4v) is 3.05. The van der Waals surface area contributed by atoms with Gasteiger partial charge in [-0.3, -0.25) is 0 Å². The number of hydrogen-bond donors (Lipinski definition) is 2. The zero-order valence-electron chi connectivity index (χ0n) is 9.97. The number of aromatic hydroxyl groups is 2. The lowest BCUT2D eigenvalue weighted by Gasteiger charge is -2.28. The van der Waals surface area contributed by atoms with E-state index >= 15 is 0 Å². The van der Waals surface area contributed by atoms with E-state index in [9.17, 15) is 10.2 Å². The Morgan fingerprint density at radius 3 is 2.35 bits per heavy atom. The normalized spacial score (nSPS) is 27.8. The predicted octanol–water partition coefficient (Wildman–Crippen LogP) is 1.98. The van der Waals surface area contributed by atoms with Crippen LogP contribution in [0, 0.1) is 11.8 Å². The standard InChI is InChI=1S/C14H19NO2/c16-13-4-1-10(7-14(13)17)5-6-15-8-11-2-3-12(11)9-15/h1,4,7,11-12,16-17H,2-3,5-6,8-9H2. The number of fused-ring (bicyclic) bond motifs is 1. The van der Waals surface area contributed by atoms with Crippen molar-refractivity contribution in [2.75, 3.05) is 19.6 Å². The predicted molar refractivity (Wildman–Crippen MR) is 66.1 cm³/mol. The number of hydrogen-bond acceptors (Lipinski definition) is 3. The first-order valence-corrected chi connectivity index (χ1v) is 6.45. The molecule has 1 saturated heterocycles. The van der Waals surface area contributed by atoms with Crippen LogP contribution in [0.25, 0.3) is 0 Å². The molecule has 1 aromatic rings. The molecule has 0 radical (unpaired) electrons. The lowest BCUT2D eigenvalue weighted by atomic mass is 9.77. The van der Waals surface area contributed by atoms with Crippen LogP contribution >= 0.6 is 0 Å². The van der Waals surface area contributed by atoms with Crippen molar-refractivity contribution in [3.63, 3.8) is 0 Å². The summed E-state index contributed by atoms with van der Waals surface area (Å²) in [6, 6.07) is 5.12. The Hall–Kier alpha value is -1.22. The quantitative estimate of drug-likeness (QED) is 0.785. The van der Waals surface area contributed by atoms with Gasteiger partial charge in [0.25, 0.3) is 0 Å². The summed E-state index contributed by atoms with van der Waals surface area (Å²) in [6.45, 7) is 3.58. The van der Waals surface area contributed by atoms with Crippen LogP contribution < -0.4 is 0 Å². The van der Waals surface area contributed by atoms with Gasteiger partial charge in [-0.15, -0.1) is 0 Å². The molecule has 3 rings (SSSR count). The number of rotatable bonds is 3. The van der Waals surface area contributed by atoms with Gasteiger partial charge in [0, 0.05) is 19.6 Å². The van der Waals surface area contributed by atoms with Crippen molar-refractivity contribution < 1.29 is 10.2 Å². The van der Waals surface area contributed by atoms with Crippen molar-refractivity contribution in [2.45, 2.75) is 19.3 Å². The van der Waals surface area contributed by atoms with Crippen molar-refractivity contribution in [3.8, 4) is 11.5 Å². The molecule has 0 bridgehead atoms. The molecule has 0 spiro atoms. The van der Waals surface area contributed by atoms with Gasteiger partial charge < -0.3 is 15.1 Å². The van der Waals surface area contributed by atoms with Crippen LogP contribution in [0.1, 0.15) is 18.4 Å². The van der Waals surface area contributed by atoms with Crippen LogP contribution in [0.4, 0.5) is 0 Å². The molecule has 1 aliphatic heterocycles. The van der Waals surface area contributed by atoms with Gasteiger partial charge in [0.15, 0.2) is 11.5 Å². The van der Waals surface area contributed by atoms with Crippen molar-refractivity contribution in [1.82, 2.24) is 4.90 Å². The van der Waals surface area contributed by atoms with Gasteiger partial charge in [0.2, 0.25) is 0 Å². The van der Waals surface area contributed by atoms with E-state index in [1.807, 2.05) is 6.07 Å². The minimum absolute atomic E-state index is 0.0102. The van der Waals surface area contributed by atoms with Crippen molar-refractivity contribution >= 4 is 0 Å². The number of phenolic OH excluding ortho intramolecular Hbond substituents is 2. The van der Waals surface area contributed by atoms with Crippen LogP contribution in [0.2, 0.25) is 0 Å². The summed E-state index contributed by atoms with van der Waals surface area (Å²) in [4.78, 5) is 2.53. The third kappa shape index (κ3) is 2.12. The number of benzene rings is 1. The third-order valence-electron chi connectivity index (χ3n) is 4.32. The Morgan fingerprint density at radius 2 is 1.76 bits per heavy atom. The second-order valence-corrected chi connectivity index (χ2v) is 5.43. The van der Waals surface area contributed by atoms with Crippen LogP contribution in [-0.2, 0) is 6.42 Å². The van der Waals surface area contributed by atoms with E-state index in [0.29, 0.717) is 0 Å².